The molecule has 1 saturated carbocycles. The van der Waals surface area contributed by atoms with Crippen molar-refractivity contribution in [1.29, 1.82) is 0 Å². The zero-order valence-corrected chi connectivity index (χ0v) is 18.3. The maximum Gasteiger partial charge on any atom is 0.187 e. The van der Waals surface area contributed by atoms with Gasteiger partial charge >= 0.3 is 0 Å². The summed E-state index contributed by atoms with van der Waals surface area (Å²) >= 11 is 0. The van der Waals surface area contributed by atoms with Crippen molar-refractivity contribution in [3.05, 3.63) is 96.6 Å². The van der Waals surface area contributed by atoms with Crippen LogP contribution in [-0.4, -0.2) is 35.8 Å². The number of para-hydroxylation sites is 1. The summed E-state index contributed by atoms with van der Waals surface area (Å²) in [5, 5.41) is 13.5. The Balaban J connectivity index is 1.21. The summed E-state index contributed by atoms with van der Waals surface area (Å²) in [6.45, 7) is 0.689. The van der Waals surface area contributed by atoms with Gasteiger partial charge < -0.3 is 5.32 Å². The molecule has 168 valence electrons. The second-order valence-electron chi connectivity index (χ2n) is 8.50. The van der Waals surface area contributed by atoms with Crippen molar-refractivity contribution >= 4 is 10.9 Å². The summed E-state index contributed by atoms with van der Waals surface area (Å²) in [6.07, 6.45) is 7.07. The Labute approximate surface area is 195 Å². The van der Waals surface area contributed by atoms with E-state index in [9.17, 15) is 4.39 Å². The van der Waals surface area contributed by atoms with Gasteiger partial charge in [-0.05, 0) is 55.3 Å². The number of rotatable bonds is 6. The van der Waals surface area contributed by atoms with Gasteiger partial charge in [0.25, 0.3) is 0 Å². The highest BCUT2D eigenvalue weighted by atomic mass is 19.1. The lowest BCUT2D eigenvalue weighted by atomic mass is 9.79. The zero-order chi connectivity index (χ0) is 22.9. The van der Waals surface area contributed by atoms with E-state index in [0.717, 1.165) is 35.3 Å². The number of fused-ring (bicyclic) bond motifs is 1. The fraction of sp³-hybridized carbons (Fsp3) is 0.192. The van der Waals surface area contributed by atoms with Crippen LogP contribution < -0.4 is 5.32 Å². The van der Waals surface area contributed by atoms with Crippen molar-refractivity contribution in [2.24, 2.45) is 0 Å². The van der Waals surface area contributed by atoms with E-state index >= 15 is 0 Å². The van der Waals surface area contributed by atoms with Gasteiger partial charge in [0.2, 0.25) is 0 Å². The molecule has 1 N–H and O–H groups in total. The average Bonchev–Trinajstić information content (AvgIpc) is 3.28. The van der Waals surface area contributed by atoms with E-state index in [-0.39, 0.29) is 11.7 Å². The first-order valence-corrected chi connectivity index (χ1v) is 11.3. The summed E-state index contributed by atoms with van der Waals surface area (Å²) in [5.41, 5.74) is 3.04. The third-order valence-electron chi connectivity index (χ3n) is 6.30. The number of pyridine rings is 3. The maximum atomic E-state index is 14.8. The second kappa shape index (κ2) is 8.72. The highest BCUT2D eigenvalue weighted by Crippen LogP contribution is 2.38. The van der Waals surface area contributed by atoms with E-state index in [2.05, 4.69) is 25.5 Å². The number of halogens is 1. The molecule has 0 bridgehead atoms. The smallest absolute Gasteiger partial charge is 0.187 e. The van der Waals surface area contributed by atoms with Crippen LogP contribution in [0.3, 0.4) is 0 Å². The molecule has 0 unspecified atom stereocenters. The number of nitrogens with zero attached hydrogens (tertiary/aromatic N) is 6. The summed E-state index contributed by atoms with van der Waals surface area (Å²) in [5.74, 6) is 1.18. The SMILES string of the molecule is Fc1ccccc1-n1c(-c2ccccn2)nnc1[C@H]1C[C@H](NCc2ccc3cnccc3n2)C1. The summed E-state index contributed by atoms with van der Waals surface area (Å²) in [7, 11) is 0. The van der Waals surface area contributed by atoms with Crippen molar-refractivity contribution in [2.45, 2.75) is 31.3 Å². The van der Waals surface area contributed by atoms with Crippen LogP contribution in [0, 0.1) is 5.82 Å². The minimum Gasteiger partial charge on any atom is -0.308 e. The van der Waals surface area contributed by atoms with E-state index in [0.29, 0.717) is 29.8 Å². The summed E-state index contributed by atoms with van der Waals surface area (Å²) in [6, 6.07) is 18.7. The highest BCUT2D eigenvalue weighted by molar-refractivity contribution is 5.77. The first-order chi connectivity index (χ1) is 16.8. The molecular formula is C26H22FN7. The standard InChI is InChI=1S/C26H22FN7/c27-21-5-1-2-7-24(21)34-25(32-33-26(34)23-6-3-4-11-29-23)18-13-20(14-18)30-16-19-9-8-17-15-28-12-10-22(17)31-19/h1-12,15,18,20,30H,13-14,16H2/t18-,20-. The van der Waals surface area contributed by atoms with Crippen LogP contribution in [0.4, 0.5) is 4.39 Å². The van der Waals surface area contributed by atoms with Crippen molar-refractivity contribution in [3.63, 3.8) is 0 Å². The molecule has 0 atom stereocenters. The molecule has 34 heavy (non-hydrogen) atoms. The van der Waals surface area contributed by atoms with E-state index in [1.807, 2.05) is 53.2 Å². The lowest BCUT2D eigenvalue weighted by Crippen LogP contribution is -2.40. The molecule has 1 fully saturated rings. The van der Waals surface area contributed by atoms with Gasteiger partial charge in [-0.3, -0.25) is 19.5 Å². The van der Waals surface area contributed by atoms with E-state index in [4.69, 9.17) is 4.98 Å². The molecular weight excluding hydrogens is 429 g/mol. The maximum absolute atomic E-state index is 14.8. The lowest BCUT2D eigenvalue weighted by molar-refractivity contribution is 0.277. The summed E-state index contributed by atoms with van der Waals surface area (Å²) < 4.78 is 16.6. The lowest BCUT2D eigenvalue weighted by Gasteiger charge is -2.35. The molecule has 6 rings (SSSR count). The van der Waals surface area contributed by atoms with Gasteiger partial charge in [0, 0.05) is 42.5 Å². The van der Waals surface area contributed by atoms with Crippen molar-refractivity contribution < 1.29 is 4.39 Å². The molecule has 1 aliphatic rings. The molecule has 7 nitrogen and oxygen atoms in total. The minimum absolute atomic E-state index is 0.178. The first kappa shape index (κ1) is 20.6. The molecule has 8 heteroatoms. The Hall–Kier alpha value is -4.04. The number of benzene rings is 1. The van der Waals surface area contributed by atoms with Crippen LogP contribution in [0.2, 0.25) is 0 Å². The fourth-order valence-electron chi connectivity index (χ4n) is 4.44. The Morgan fingerprint density at radius 3 is 2.68 bits per heavy atom. The fourth-order valence-corrected chi connectivity index (χ4v) is 4.44. The predicted octanol–water partition coefficient (Wildman–Crippen LogP) is 4.45. The molecule has 0 radical (unpaired) electrons. The topological polar surface area (TPSA) is 81.4 Å². The van der Waals surface area contributed by atoms with Crippen molar-refractivity contribution in [3.8, 4) is 17.2 Å². The van der Waals surface area contributed by atoms with Gasteiger partial charge in [-0.15, -0.1) is 10.2 Å². The van der Waals surface area contributed by atoms with Crippen LogP contribution in [0.5, 0.6) is 0 Å². The van der Waals surface area contributed by atoms with E-state index in [1.54, 1.807) is 24.5 Å². The number of hydrogen-bond acceptors (Lipinski definition) is 6. The summed E-state index contributed by atoms with van der Waals surface area (Å²) in [4.78, 5) is 13.3. The molecule has 4 aromatic heterocycles. The van der Waals surface area contributed by atoms with Crippen LogP contribution in [0.15, 0.2) is 79.3 Å². The molecule has 1 aliphatic carbocycles. The van der Waals surface area contributed by atoms with Crippen molar-refractivity contribution in [2.75, 3.05) is 0 Å². The van der Waals surface area contributed by atoms with E-state index in [1.165, 1.54) is 6.07 Å². The highest BCUT2D eigenvalue weighted by Gasteiger charge is 2.35. The quantitative estimate of drug-likeness (QED) is 0.411. The number of hydrogen-bond donors (Lipinski definition) is 1. The van der Waals surface area contributed by atoms with Crippen LogP contribution >= 0.6 is 0 Å². The van der Waals surface area contributed by atoms with Crippen LogP contribution in [0.1, 0.15) is 30.3 Å². The second-order valence-corrected chi connectivity index (χ2v) is 8.50. The Morgan fingerprint density at radius 2 is 1.82 bits per heavy atom. The van der Waals surface area contributed by atoms with Gasteiger partial charge in [-0.25, -0.2) is 4.39 Å². The largest absolute Gasteiger partial charge is 0.308 e. The normalized spacial score (nSPS) is 17.6. The zero-order valence-electron chi connectivity index (χ0n) is 18.3. The molecule has 1 aromatic carbocycles. The van der Waals surface area contributed by atoms with Gasteiger partial charge in [0.1, 0.15) is 17.3 Å². The minimum atomic E-state index is -0.313. The average molecular weight is 452 g/mol. The number of nitrogens with one attached hydrogen (secondary N) is 1. The molecule has 0 aliphatic heterocycles. The van der Waals surface area contributed by atoms with Gasteiger partial charge in [0.05, 0.1) is 16.9 Å². The molecule has 0 amide bonds. The van der Waals surface area contributed by atoms with Crippen molar-refractivity contribution in [1.82, 2.24) is 35.0 Å². The molecule has 0 saturated heterocycles. The molecule has 0 spiro atoms. The van der Waals surface area contributed by atoms with E-state index < -0.39 is 0 Å². The van der Waals surface area contributed by atoms with Gasteiger partial charge in [0.15, 0.2) is 5.82 Å². The first-order valence-electron chi connectivity index (χ1n) is 11.3. The van der Waals surface area contributed by atoms with Gasteiger partial charge in [-0.1, -0.05) is 18.2 Å². The molecule has 5 aromatic rings. The van der Waals surface area contributed by atoms with Gasteiger partial charge in [-0.2, -0.15) is 0 Å². The number of aromatic nitrogens is 6. The van der Waals surface area contributed by atoms with Crippen LogP contribution in [0.25, 0.3) is 28.1 Å². The Bertz CT molecular complexity index is 1440. The van der Waals surface area contributed by atoms with Crippen LogP contribution in [-0.2, 0) is 6.54 Å². The Kier molecular flexibility index (Phi) is 5.27. The third-order valence-corrected chi connectivity index (χ3v) is 6.30. The third kappa shape index (κ3) is 3.82. The Morgan fingerprint density at radius 1 is 0.941 bits per heavy atom. The monoisotopic (exact) mass is 451 g/mol. The predicted molar refractivity (Wildman–Crippen MR) is 127 cm³/mol. The molecule has 4 heterocycles.